The number of amides is 1. The van der Waals surface area contributed by atoms with Gasteiger partial charge in [0.15, 0.2) is 0 Å². The summed E-state index contributed by atoms with van der Waals surface area (Å²) in [5, 5.41) is 3.04. The van der Waals surface area contributed by atoms with Crippen molar-refractivity contribution in [3.63, 3.8) is 0 Å². The van der Waals surface area contributed by atoms with E-state index in [1.807, 2.05) is 6.07 Å². The maximum absolute atomic E-state index is 12.8. The molecule has 2 aromatic carbocycles. The largest absolute Gasteiger partial charge is 0.345 e. The molecule has 1 aliphatic rings. The van der Waals surface area contributed by atoms with Crippen molar-refractivity contribution in [1.82, 2.24) is 5.32 Å². The molecule has 0 aliphatic heterocycles. The lowest BCUT2D eigenvalue weighted by Gasteiger charge is -2.28. The Labute approximate surface area is 172 Å². The van der Waals surface area contributed by atoms with E-state index in [0.717, 1.165) is 25.7 Å². The number of nitrogens with one attached hydrogen (secondary N) is 1. The standard InChI is InChI=1S/C20H25N3O3S.ClH/c1-23(17-7-3-2-4-8-17)27(25,26)18-11-9-16(10-12-18)19(24)22-20(15-21)13-5-6-14-20;/h2-4,7-12H,5-6,13-15,21H2,1H3,(H,22,24);1H. The molecule has 0 heterocycles. The first-order valence-electron chi connectivity index (χ1n) is 9.05. The Morgan fingerprint density at radius 2 is 1.64 bits per heavy atom. The minimum Gasteiger partial charge on any atom is -0.345 e. The molecule has 1 amide bonds. The lowest BCUT2D eigenvalue weighted by atomic mass is 9.97. The molecular weight excluding hydrogens is 398 g/mol. The van der Waals surface area contributed by atoms with Crippen LogP contribution in [0.4, 0.5) is 5.69 Å². The Bertz CT molecular complexity index is 896. The number of halogens is 1. The normalized spacial score (nSPS) is 15.5. The number of sulfonamides is 1. The number of hydrogen-bond donors (Lipinski definition) is 2. The van der Waals surface area contributed by atoms with E-state index in [9.17, 15) is 13.2 Å². The third-order valence-electron chi connectivity index (χ3n) is 5.22. The van der Waals surface area contributed by atoms with Crippen LogP contribution in [0.5, 0.6) is 0 Å². The van der Waals surface area contributed by atoms with Crippen LogP contribution in [0.25, 0.3) is 0 Å². The molecule has 6 nitrogen and oxygen atoms in total. The SMILES string of the molecule is CN(c1ccccc1)S(=O)(=O)c1ccc(C(=O)NC2(CN)CCCC2)cc1.Cl. The Morgan fingerprint density at radius 3 is 2.18 bits per heavy atom. The van der Waals surface area contributed by atoms with Crippen LogP contribution in [0.3, 0.4) is 0 Å². The third-order valence-corrected chi connectivity index (χ3v) is 7.02. The zero-order valence-corrected chi connectivity index (χ0v) is 17.4. The number of anilines is 1. The summed E-state index contributed by atoms with van der Waals surface area (Å²) >= 11 is 0. The van der Waals surface area contributed by atoms with Crippen molar-refractivity contribution in [2.24, 2.45) is 5.73 Å². The van der Waals surface area contributed by atoms with Crippen LogP contribution < -0.4 is 15.4 Å². The molecule has 1 saturated carbocycles. The number of hydrogen-bond acceptors (Lipinski definition) is 4. The van der Waals surface area contributed by atoms with Crippen LogP contribution >= 0.6 is 12.4 Å². The lowest BCUT2D eigenvalue weighted by molar-refractivity contribution is 0.0903. The van der Waals surface area contributed by atoms with E-state index in [4.69, 9.17) is 5.73 Å². The molecule has 0 bridgehead atoms. The molecule has 0 atom stereocenters. The second-order valence-electron chi connectivity index (χ2n) is 6.98. The highest BCUT2D eigenvalue weighted by atomic mass is 35.5. The summed E-state index contributed by atoms with van der Waals surface area (Å²) in [6.07, 6.45) is 3.87. The summed E-state index contributed by atoms with van der Waals surface area (Å²) in [7, 11) is -2.18. The van der Waals surface area contributed by atoms with Crippen LogP contribution in [0.15, 0.2) is 59.5 Å². The van der Waals surface area contributed by atoms with E-state index >= 15 is 0 Å². The lowest BCUT2D eigenvalue weighted by Crippen LogP contribution is -2.51. The fraction of sp³-hybridized carbons (Fsp3) is 0.350. The third kappa shape index (κ3) is 4.48. The number of carbonyl (C=O) groups is 1. The molecular formula is C20H26ClN3O3S. The molecule has 0 radical (unpaired) electrons. The fourth-order valence-electron chi connectivity index (χ4n) is 3.46. The molecule has 3 N–H and O–H groups in total. The average Bonchev–Trinajstić information content (AvgIpc) is 3.17. The summed E-state index contributed by atoms with van der Waals surface area (Å²) in [4.78, 5) is 12.7. The monoisotopic (exact) mass is 423 g/mol. The molecule has 0 aromatic heterocycles. The fourth-order valence-corrected chi connectivity index (χ4v) is 4.65. The molecule has 3 rings (SSSR count). The zero-order chi connectivity index (χ0) is 19.5. The van der Waals surface area contributed by atoms with E-state index in [2.05, 4.69) is 5.32 Å². The maximum atomic E-state index is 12.8. The van der Waals surface area contributed by atoms with Gasteiger partial charge in [0.2, 0.25) is 0 Å². The van der Waals surface area contributed by atoms with E-state index < -0.39 is 10.0 Å². The first-order chi connectivity index (χ1) is 12.9. The van der Waals surface area contributed by atoms with Crippen LogP contribution in [-0.4, -0.2) is 33.5 Å². The minimum atomic E-state index is -3.69. The van der Waals surface area contributed by atoms with Crippen LogP contribution in [0.1, 0.15) is 36.0 Å². The van der Waals surface area contributed by atoms with Gasteiger partial charge in [-0.3, -0.25) is 9.10 Å². The van der Waals surface area contributed by atoms with Crippen molar-refractivity contribution in [2.45, 2.75) is 36.1 Å². The van der Waals surface area contributed by atoms with Crippen molar-refractivity contribution in [1.29, 1.82) is 0 Å². The molecule has 1 aliphatic carbocycles. The maximum Gasteiger partial charge on any atom is 0.264 e. The van der Waals surface area contributed by atoms with Crippen molar-refractivity contribution >= 4 is 34.0 Å². The smallest absolute Gasteiger partial charge is 0.264 e. The predicted octanol–water partition coefficient (Wildman–Crippen LogP) is 2.93. The number of carbonyl (C=O) groups excluding carboxylic acids is 1. The van der Waals surface area contributed by atoms with Crippen molar-refractivity contribution in [2.75, 3.05) is 17.9 Å². The molecule has 2 aromatic rings. The van der Waals surface area contributed by atoms with Crippen LogP contribution in [-0.2, 0) is 10.0 Å². The molecule has 1 fully saturated rings. The number of nitrogens with zero attached hydrogens (tertiary/aromatic N) is 1. The van der Waals surface area contributed by atoms with Gasteiger partial charge < -0.3 is 11.1 Å². The first-order valence-corrected chi connectivity index (χ1v) is 10.5. The second-order valence-corrected chi connectivity index (χ2v) is 8.95. The van der Waals surface area contributed by atoms with Gasteiger partial charge >= 0.3 is 0 Å². The van der Waals surface area contributed by atoms with E-state index in [1.54, 1.807) is 36.4 Å². The van der Waals surface area contributed by atoms with Crippen molar-refractivity contribution < 1.29 is 13.2 Å². The number of rotatable bonds is 6. The van der Waals surface area contributed by atoms with Crippen molar-refractivity contribution in [3.8, 4) is 0 Å². The van der Waals surface area contributed by atoms with Gasteiger partial charge in [0.1, 0.15) is 0 Å². The Morgan fingerprint density at radius 1 is 1.07 bits per heavy atom. The minimum absolute atomic E-state index is 0. The molecule has 28 heavy (non-hydrogen) atoms. The highest BCUT2D eigenvalue weighted by Gasteiger charge is 2.34. The summed E-state index contributed by atoms with van der Waals surface area (Å²) in [5.74, 6) is -0.220. The Kier molecular flexibility index (Phi) is 7.09. The number of nitrogens with two attached hydrogens (primary N) is 1. The molecule has 0 saturated heterocycles. The zero-order valence-electron chi connectivity index (χ0n) is 15.8. The highest BCUT2D eigenvalue weighted by molar-refractivity contribution is 7.92. The van der Waals surface area contributed by atoms with Gasteiger partial charge in [-0.2, -0.15) is 0 Å². The molecule has 152 valence electrons. The highest BCUT2D eigenvalue weighted by Crippen LogP contribution is 2.29. The van der Waals surface area contributed by atoms with E-state index in [-0.39, 0.29) is 28.7 Å². The van der Waals surface area contributed by atoms with Gasteiger partial charge in [0, 0.05) is 19.2 Å². The molecule has 8 heteroatoms. The van der Waals surface area contributed by atoms with Gasteiger partial charge in [-0.15, -0.1) is 12.4 Å². The van der Waals surface area contributed by atoms with Gasteiger partial charge in [-0.1, -0.05) is 31.0 Å². The summed E-state index contributed by atoms with van der Waals surface area (Å²) in [5.41, 5.74) is 6.53. The van der Waals surface area contributed by atoms with Gasteiger partial charge in [0.25, 0.3) is 15.9 Å². The van der Waals surface area contributed by atoms with Gasteiger partial charge in [-0.05, 0) is 49.2 Å². The number of para-hydroxylation sites is 1. The Balaban J connectivity index is 0.00000280. The first kappa shape index (κ1) is 22.2. The summed E-state index contributed by atoms with van der Waals surface area (Å²) in [6, 6.07) is 14.9. The Hall–Kier alpha value is -2.09. The molecule has 0 unspecified atom stereocenters. The second kappa shape index (κ2) is 8.94. The van der Waals surface area contributed by atoms with E-state index in [1.165, 1.54) is 23.5 Å². The average molecular weight is 424 g/mol. The van der Waals surface area contributed by atoms with E-state index in [0.29, 0.717) is 17.8 Å². The quantitative estimate of drug-likeness (QED) is 0.747. The predicted molar refractivity (Wildman–Crippen MR) is 113 cm³/mol. The summed E-state index contributed by atoms with van der Waals surface area (Å²) in [6.45, 7) is 0.410. The van der Waals surface area contributed by atoms with Gasteiger partial charge in [-0.25, -0.2) is 8.42 Å². The van der Waals surface area contributed by atoms with Crippen LogP contribution in [0.2, 0.25) is 0 Å². The number of benzene rings is 2. The topological polar surface area (TPSA) is 92.5 Å². The molecule has 0 spiro atoms. The van der Waals surface area contributed by atoms with Crippen molar-refractivity contribution in [3.05, 3.63) is 60.2 Å². The summed E-state index contributed by atoms with van der Waals surface area (Å²) < 4.78 is 26.8. The van der Waals surface area contributed by atoms with Crippen LogP contribution in [0, 0.1) is 0 Å². The van der Waals surface area contributed by atoms with Gasteiger partial charge in [0.05, 0.1) is 16.1 Å².